The van der Waals surface area contributed by atoms with Gasteiger partial charge >= 0.3 is 0 Å². The van der Waals surface area contributed by atoms with Crippen molar-refractivity contribution >= 4 is 5.91 Å². The molecule has 0 bridgehead atoms. The summed E-state index contributed by atoms with van der Waals surface area (Å²) in [7, 11) is 0. The minimum absolute atomic E-state index is 0.119. The van der Waals surface area contributed by atoms with Crippen LogP contribution in [0.2, 0.25) is 0 Å². The summed E-state index contributed by atoms with van der Waals surface area (Å²) in [4.78, 5) is 13.7. The van der Waals surface area contributed by atoms with Gasteiger partial charge < -0.3 is 4.90 Å². The zero-order valence-corrected chi connectivity index (χ0v) is 9.02. The Bertz CT molecular complexity index is 387. The summed E-state index contributed by atoms with van der Waals surface area (Å²) in [5, 5.41) is 15.2. The molecule has 1 N–H and O–H groups in total. The van der Waals surface area contributed by atoms with Crippen LogP contribution < -0.4 is 0 Å². The number of H-pyrrole nitrogens is 1. The number of rotatable bonds is 3. The lowest BCUT2D eigenvalue weighted by molar-refractivity contribution is 0.0703. The van der Waals surface area contributed by atoms with Crippen molar-refractivity contribution in [1.82, 2.24) is 15.1 Å². The second kappa shape index (κ2) is 4.79. The maximum Gasteiger partial charge on any atom is 0.272 e. The van der Waals surface area contributed by atoms with E-state index in [1.54, 1.807) is 17.2 Å². The van der Waals surface area contributed by atoms with Crippen molar-refractivity contribution in [3.8, 4) is 6.07 Å². The van der Waals surface area contributed by atoms with Crippen molar-refractivity contribution < 1.29 is 4.79 Å². The van der Waals surface area contributed by atoms with E-state index in [0.29, 0.717) is 5.69 Å². The number of nitrogens with one attached hydrogen (secondary N) is 1. The molecule has 5 nitrogen and oxygen atoms in total. The van der Waals surface area contributed by atoms with Gasteiger partial charge in [-0.1, -0.05) is 12.8 Å². The first-order valence-corrected chi connectivity index (χ1v) is 5.50. The maximum atomic E-state index is 12.1. The third kappa shape index (κ3) is 2.06. The Labute approximate surface area is 94.1 Å². The lowest BCUT2D eigenvalue weighted by Gasteiger charge is -2.25. The highest BCUT2D eigenvalue weighted by Crippen LogP contribution is 2.24. The first-order chi connectivity index (χ1) is 7.83. The molecule has 0 aromatic carbocycles. The van der Waals surface area contributed by atoms with Crippen LogP contribution in [0.25, 0.3) is 0 Å². The lowest BCUT2D eigenvalue weighted by Crippen LogP contribution is -2.39. The van der Waals surface area contributed by atoms with Crippen molar-refractivity contribution in [2.45, 2.75) is 31.7 Å². The average molecular weight is 218 g/mol. The topological polar surface area (TPSA) is 72.8 Å². The maximum absolute atomic E-state index is 12.1. The van der Waals surface area contributed by atoms with E-state index in [4.69, 9.17) is 5.26 Å². The molecule has 1 heterocycles. The number of nitrogens with zero attached hydrogens (tertiary/aromatic N) is 3. The standard InChI is InChI=1S/C11H14N4O/c12-6-8-15(9-3-1-2-4-9)11(16)10-5-7-13-14-10/h5,7,9H,1-4,8H2,(H,13,14). The summed E-state index contributed by atoms with van der Waals surface area (Å²) >= 11 is 0. The molecule has 1 aliphatic rings. The molecule has 0 radical (unpaired) electrons. The van der Waals surface area contributed by atoms with E-state index in [1.165, 1.54) is 0 Å². The summed E-state index contributed by atoms with van der Waals surface area (Å²) in [5.74, 6) is -0.119. The number of hydrogen-bond donors (Lipinski definition) is 1. The van der Waals surface area contributed by atoms with Gasteiger partial charge in [0.25, 0.3) is 5.91 Å². The number of carbonyl (C=O) groups excluding carboxylic acids is 1. The van der Waals surface area contributed by atoms with E-state index in [-0.39, 0.29) is 18.5 Å². The number of amides is 1. The molecule has 1 amide bonds. The van der Waals surface area contributed by atoms with Crippen LogP contribution in [0, 0.1) is 11.3 Å². The van der Waals surface area contributed by atoms with Crippen LogP contribution in [-0.4, -0.2) is 33.6 Å². The summed E-state index contributed by atoms with van der Waals surface area (Å²) < 4.78 is 0. The van der Waals surface area contributed by atoms with Crippen LogP contribution in [0.3, 0.4) is 0 Å². The van der Waals surface area contributed by atoms with Crippen molar-refractivity contribution in [2.24, 2.45) is 0 Å². The van der Waals surface area contributed by atoms with Crippen LogP contribution >= 0.6 is 0 Å². The Morgan fingerprint density at radius 1 is 1.62 bits per heavy atom. The van der Waals surface area contributed by atoms with Gasteiger partial charge in [0, 0.05) is 12.2 Å². The fraction of sp³-hybridized carbons (Fsp3) is 0.545. The second-order valence-electron chi connectivity index (χ2n) is 4.00. The molecule has 0 spiro atoms. The Morgan fingerprint density at radius 2 is 2.38 bits per heavy atom. The molecule has 5 heteroatoms. The van der Waals surface area contributed by atoms with Gasteiger partial charge in [0.1, 0.15) is 12.2 Å². The van der Waals surface area contributed by atoms with Crippen LogP contribution in [0.4, 0.5) is 0 Å². The van der Waals surface area contributed by atoms with Gasteiger partial charge in [0.05, 0.1) is 6.07 Å². The van der Waals surface area contributed by atoms with Gasteiger partial charge in [-0.25, -0.2) is 0 Å². The highest BCUT2D eigenvalue weighted by atomic mass is 16.2. The summed E-state index contributed by atoms with van der Waals surface area (Å²) in [6.45, 7) is 0.155. The zero-order chi connectivity index (χ0) is 11.4. The van der Waals surface area contributed by atoms with E-state index in [1.807, 2.05) is 0 Å². The van der Waals surface area contributed by atoms with Crippen LogP contribution in [0.5, 0.6) is 0 Å². The normalized spacial score (nSPS) is 15.9. The Kier molecular flexibility index (Phi) is 3.20. The monoisotopic (exact) mass is 218 g/mol. The number of aromatic amines is 1. The minimum atomic E-state index is -0.119. The average Bonchev–Trinajstić information content (AvgIpc) is 2.96. The summed E-state index contributed by atoms with van der Waals surface area (Å²) in [6.07, 6.45) is 5.83. The van der Waals surface area contributed by atoms with Crippen molar-refractivity contribution in [2.75, 3.05) is 6.54 Å². The second-order valence-corrected chi connectivity index (χ2v) is 4.00. The summed E-state index contributed by atoms with van der Waals surface area (Å²) in [6, 6.07) is 3.92. The molecular formula is C11H14N4O. The zero-order valence-electron chi connectivity index (χ0n) is 9.02. The first-order valence-electron chi connectivity index (χ1n) is 5.50. The SMILES string of the molecule is N#CCN(C(=O)c1ccn[nH]1)C1CCCC1. The molecule has 0 atom stereocenters. The van der Waals surface area contributed by atoms with Crippen molar-refractivity contribution in [1.29, 1.82) is 5.26 Å². The molecule has 16 heavy (non-hydrogen) atoms. The molecule has 0 aliphatic heterocycles. The van der Waals surface area contributed by atoms with Crippen molar-refractivity contribution in [3.63, 3.8) is 0 Å². The van der Waals surface area contributed by atoms with E-state index in [9.17, 15) is 4.79 Å². The number of hydrogen-bond acceptors (Lipinski definition) is 3. The predicted molar refractivity (Wildman–Crippen MR) is 57.5 cm³/mol. The van der Waals surface area contributed by atoms with Gasteiger partial charge in [-0.3, -0.25) is 9.89 Å². The fourth-order valence-corrected chi connectivity index (χ4v) is 2.19. The van der Waals surface area contributed by atoms with Gasteiger partial charge in [-0.2, -0.15) is 10.4 Å². The van der Waals surface area contributed by atoms with Gasteiger partial charge in [0.2, 0.25) is 0 Å². The highest BCUT2D eigenvalue weighted by molar-refractivity contribution is 5.92. The first kappa shape index (κ1) is 10.7. The minimum Gasteiger partial charge on any atom is -0.321 e. The Morgan fingerprint density at radius 3 is 2.94 bits per heavy atom. The Balaban J connectivity index is 2.13. The molecule has 1 aromatic rings. The highest BCUT2D eigenvalue weighted by Gasteiger charge is 2.27. The molecule has 1 fully saturated rings. The van der Waals surface area contributed by atoms with E-state index >= 15 is 0 Å². The fourth-order valence-electron chi connectivity index (χ4n) is 2.19. The summed E-state index contributed by atoms with van der Waals surface area (Å²) in [5.41, 5.74) is 0.460. The van der Waals surface area contributed by atoms with Crippen LogP contribution in [0.1, 0.15) is 36.2 Å². The van der Waals surface area contributed by atoms with E-state index < -0.39 is 0 Å². The number of aromatic nitrogens is 2. The van der Waals surface area contributed by atoms with Crippen LogP contribution in [-0.2, 0) is 0 Å². The number of carbonyl (C=O) groups is 1. The molecule has 1 aliphatic carbocycles. The molecule has 0 unspecified atom stereocenters. The largest absolute Gasteiger partial charge is 0.321 e. The quantitative estimate of drug-likeness (QED) is 0.777. The van der Waals surface area contributed by atoms with E-state index in [2.05, 4.69) is 16.3 Å². The lowest BCUT2D eigenvalue weighted by atomic mass is 10.2. The van der Waals surface area contributed by atoms with Gasteiger partial charge in [-0.15, -0.1) is 0 Å². The molecule has 0 saturated heterocycles. The number of nitriles is 1. The third-order valence-corrected chi connectivity index (χ3v) is 3.00. The van der Waals surface area contributed by atoms with Gasteiger partial charge in [0.15, 0.2) is 0 Å². The molecule has 1 saturated carbocycles. The van der Waals surface area contributed by atoms with Gasteiger partial charge in [-0.05, 0) is 18.9 Å². The Hall–Kier alpha value is -1.83. The van der Waals surface area contributed by atoms with Crippen LogP contribution in [0.15, 0.2) is 12.3 Å². The van der Waals surface area contributed by atoms with E-state index in [0.717, 1.165) is 25.7 Å². The predicted octanol–water partition coefficient (Wildman–Crippen LogP) is 1.32. The van der Waals surface area contributed by atoms with Crippen molar-refractivity contribution in [3.05, 3.63) is 18.0 Å². The third-order valence-electron chi connectivity index (χ3n) is 3.00. The molecule has 1 aromatic heterocycles. The molecule has 84 valence electrons. The smallest absolute Gasteiger partial charge is 0.272 e. The molecular weight excluding hydrogens is 204 g/mol. The molecule has 2 rings (SSSR count).